The number of nitro benzene ring substituents is 1. The molecule has 0 aliphatic carbocycles. The molecule has 2 rings (SSSR count). The largest absolute Gasteiger partial charge is 0.457 e. The molecule has 0 fully saturated rings. The molecule has 0 radical (unpaired) electrons. The van der Waals surface area contributed by atoms with Crippen LogP contribution in [0.2, 0.25) is 5.02 Å². The first-order chi connectivity index (χ1) is 9.60. The number of hydrogen-bond acceptors (Lipinski definition) is 4. The SMILES string of the molecule is CNCc1ccc(Oc2cccc([N+](=O)[O-])c2)cc1Cl. The normalized spacial score (nSPS) is 10.3. The predicted octanol–water partition coefficient (Wildman–Crippen LogP) is 3.76. The second-order valence-corrected chi connectivity index (χ2v) is 4.55. The van der Waals surface area contributed by atoms with Crippen LogP contribution in [-0.4, -0.2) is 12.0 Å². The van der Waals surface area contributed by atoms with Gasteiger partial charge in [-0.3, -0.25) is 10.1 Å². The Bertz CT molecular complexity index is 632. The molecule has 2 aromatic carbocycles. The lowest BCUT2D eigenvalue weighted by atomic mass is 10.2. The van der Waals surface area contributed by atoms with Crippen molar-refractivity contribution in [2.24, 2.45) is 0 Å². The van der Waals surface area contributed by atoms with E-state index in [0.717, 1.165) is 5.56 Å². The third-order valence-electron chi connectivity index (χ3n) is 2.66. The summed E-state index contributed by atoms with van der Waals surface area (Å²) in [4.78, 5) is 10.2. The number of non-ortho nitro benzene ring substituents is 1. The first-order valence-corrected chi connectivity index (χ1v) is 6.33. The Balaban J connectivity index is 2.19. The highest BCUT2D eigenvalue weighted by Crippen LogP contribution is 2.28. The summed E-state index contributed by atoms with van der Waals surface area (Å²) in [7, 11) is 1.84. The van der Waals surface area contributed by atoms with E-state index >= 15 is 0 Å². The van der Waals surface area contributed by atoms with Crippen LogP contribution in [0.3, 0.4) is 0 Å². The van der Waals surface area contributed by atoms with Gasteiger partial charge in [-0.25, -0.2) is 0 Å². The van der Waals surface area contributed by atoms with Gasteiger partial charge in [0.25, 0.3) is 5.69 Å². The standard InChI is InChI=1S/C14H13ClN2O3/c1-16-9-10-5-6-13(8-14(10)15)20-12-4-2-3-11(7-12)17(18)19/h2-8,16H,9H2,1H3. The number of hydrogen-bond donors (Lipinski definition) is 1. The zero-order valence-corrected chi connectivity index (χ0v) is 11.6. The molecule has 0 unspecified atom stereocenters. The molecular formula is C14H13ClN2O3. The summed E-state index contributed by atoms with van der Waals surface area (Å²) in [6.45, 7) is 0.663. The van der Waals surface area contributed by atoms with Gasteiger partial charge in [-0.1, -0.05) is 23.7 Å². The Labute approximate surface area is 121 Å². The lowest BCUT2D eigenvalue weighted by Gasteiger charge is -2.08. The first-order valence-electron chi connectivity index (χ1n) is 5.95. The van der Waals surface area contributed by atoms with E-state index in [4.69, 9.17) is 16.3 Å². The highest BCUT2D eigenvalue weighted by molar-refractivity contribution is 6.31. The molecule has 0 spiro atoms. The topological polar surface area (TPSA) is 64.4 Å². The van der Waals surface area contributed by atoms with Crippen LogP contribution < -0.4 is 10.1 Å². The molecule has 0 amide bonds. The molecule has 0 aliphatic rings. The third-order valence-corrected chi connectivity index (χ3v) is 3.01. The maximum absolute atomic E-state index is 10.7. The van der Waals surface area contributed by atoms with Crippen molar-refractivity contribution in [3.05, 3.63) is 63.2 Å². The monoisotopic (exact) mass is 292 g/mol. The minimum absolute atomic E-state index is 0.0135. The van der Waals surface area contributed by atoms with Crippen LogP contribution >= 0.6 is 11.6 Å². The molecular weight excluding hydrogens is 280 g/mol. The number of nitrogens with one attached hydrogen (secondary N) is 1. The van der Waals surface area contributed by atoms with E-state index in [1.807, 2.05) is 13.1 Å². The van der Waals surface area contributed by atoms with Gasteiger partial charge in [0.15, 0.2) is 0 Å². The van der Waals surface area contributed by atoms with Crippen LogP contribution in [0.15, 0.2) is 42.5 Å². The van der Waals surface area contributed by atoms with Crippen molar-refractivity contribution in [2.45, 2.75) is 6.54 Å². The second-order valence-electron chi connectivity index (χ2n) is 4.14. The van der Waals surface area contributed by atoms with E-state index < -0.39 is 4.92 Å². The minimum Gasteiger partial charge on any atom is -0.457 e. The number of nitrogens with zero attached hydrogens (tertiary/aromatic N) is 1. The van der Waals surface area contributed by atoms with Gasteiger partial charge in [0.1, 0.15) is 11.5 Å². The number of halogens is 1. The van der Waals surface area contributed by atoms with Gasteiger partial charge in [0.2, 0.25) is 0 Å². The van der Waals surface area contributed by atoms with Crippen molar-refractivity contribution in [3.63, 3.8) is 0 Å². The maximum atomic E-state index is 10.7. The molecule has 104 valence electrons. The molecule has 0 aliphatic heterocycles. The summed E-state index contributed by atoms with van der Waals surface area (Å²) in [5.41, 5.74) is 0.945. The van der Waals surface area contributed by atoms with Gasteiger partial charge in [-0.05, 0) is 30.8 Å². The van der Waals surface area contributed by atoms with E-state index in [0.29, 0.717) is 23.1 Å². The summed E-state index contributed by atoms with van der Waals surface area (Å²) < 4.78 is 5.57. The highest BCUT2D eigenvalue weighted by Gasteiger charge is 2.08. The molecule has 5 nitrogen and oxygen atoms in total. The molecule has 0 heterocycles. The molecule has 0 atom stereocenters. The summed E-state index contributed by atoms with van der Waals surface area (Å²) >= 11 is 6.13. The van der Waals surface area contributed by atoms with Crippen LogP contribution in [0.25, 0.3) is 0 Å². The van der Waals surface area contributed by atoms with E-state index in [2.05, 4.69) is 5.32 Å². The Morgan fingerprint density at radius 2 is 2.00 bits per heavy atom. The number of benzene rings is 2. The van der Waals surface area contributed by atoms with Gasteiger partial charge in [0.05, 0.1) is 11.0 Å². The molecule has 1 N–H and O–H groups in total. The van der Waals surface area contributed by atoms with Gasteiger partial charge < -0.3 is 10.1 Å². The Hall–Kier alpha value is -2.11. The van der Waals surface area contributed by atoms with Gasteiger partial charge in [0, 0.05) is 17.6 Å². The van der Waals surface area contributed by atoms with E-state index in [1.165, 1.54) is 12.1 Å². The first kappa shape index (κ1) is 14.3. The fourth-order valence-electron chi connectivity index (χ4n) is 1.72. The van der Waals surface area contributed by atoms with E-state index in [-0.39, 0.29) is 5.69 Å². The molecule has 0 saturated heterocycles. The fraction of sp³-hybridized carbons (Fsp3) is 0.143. The lowest BCUT2D eigenvalue weighted by Crippen LogP contribution is -2.05. The Morgan fingerprint density at radius 1 is 1.25 bits per heavy atom. The smallest absolute Gasteiger partial charge is 0.273 e. The zero-order valence-electron chi connectivity index (χ0n) is 10.8. The molecule has 0 bridgehead atoms. The summed E-state index contributed by atoms with van der Waals surface area (Å²) in [5, 5.41) is 14.3. The quantitative estimate of drug-likeness (QED) is 0.673. The number of ether oxygens (including phenoxy) is 1. The van der Waals surface area contributed by atoms with Crippen LogP contribution in [0.4, 0.5) is 5.69 Å². The van der Waals surface area contributed by atoms with Crippen LogP contribution in [-0.2, 0) is 6.54 Å². The highest BCUT2D eigenvalue weighted by atomic mass is 35.5. The average molecular weight is 293 g/mol. The van der Waals surface area contributed by atoms with Crippen molar-refractivity contribution in [3.8, 4) is 11.5 Å². The average Bonchev–Trinajstić information content (AvgIpc) is 2.42. The van der Waals surface area contributed by atoms with Crippen molar-refractivity contribution >= 4 is 17.3 Å². The molecule has 2 aromatic rings. The Morgan fingerprint density at radius 3 is 2.65 bits per heavy atom. The van der Waals surface area contributed by atoms with Gasteiger partial charge in [-0.2, -0.15) is 0 Å². The van der Waals surface area contributed by atoms with Crippen molar-refractivity contribution < 1.29 is 9.66 Å². The second kappa shape index (κ2) is 6.36. The predicted molar refractivity (Wildman–Crippen MR) is 77.4 cm³/mol. The van der Waals surface area contributed by atoms with Gasteiger partial charge in [-0.15, -0.1) is 0 Å². The number of nitro groups is 1. The summed E-state index contributed by atoms with van der Waals surface area (Å²) in [6.07, 6.45) is 0. The number of rotatable bonds is 5. The van der Waals surface area contributed by atoms with E-state index in [9.17, 15) is 10.1 Å². The molecule has 0 aromatic heterocycles. The molecule has 6 heteroatoms. The van der Waals surface area contributed by atoms with Crippen LogP contribution in [0.5, 0.6) is 11.5 Å². The van der Waals surface area contributed by atoms with Crippen molar-refractivity contribution in [1.82, 2.24) is 5.32 Å². The minimum atomic E-state index is -0.462. The summed E-state index contributed by atoms with van der Waals surface area (Å²) in [6, 6.07) is 11.3. The summed E-state index contributed by atoms with van der Waals surface area (Å²) in [5.74, 6) is 0.937. The van der Waals surface area contributed by atoms with Gasteiger partial charge >= 0.3 is 0 Å². The van der Waals surface area contributed by atoms with E-state index in [1.54, 1.807) is 24.3 Å². The fourth-order valence-corrected chi connectivity index (χ4v) is 1.96. The van der Waals surface area contributed by atoms with Crippen molar-refractivity contribution in [1.29, 1.82) is 0 Å². The molecule has 0 saturated carbocycles. The maximum Gasteiger partial charge on any atom is 0.273 e. The lowest BCUT2D eigenvalue weighted by molar-refractivity contribution is -0.384. The third kappa shape index (κ3) is 3.46. The zero-order chi connectivity index (χ0) is 14.5. The van der Waals surface area contributed by atoms with Crippen molar-refractivity contribution in [2.75, 3.05) is 7.05 Å². The Kier molecular flexibility index (Phi) is 4.55. The molecule has 20 heavy (non-hydrogen) atoms. The van der Waals surface area contributed by atoms with Crippen LogP contribution in [0.1, 0.15) is 5.56 Å². The van der Waals surface area contributed by atoms with Crippen LogP contribution in [0, 0.1) is 10.1 Å².